The maximum Gasteiger partial charge on any atom is 0.134 e. The number of hydrogen-bond acceptors (Lipinski definition) is 5. The molecule has 2 aromatic rings. The van der Waals surface area contributed by atoms with Gasteiger partial charge in [-0.2, -0.15) is 5.26 Å². The third-order valence-corrected chi connectivity index (χ3v) is 6.45. The molecule has 1 aliphatic heterocycles. The average Bonchev–Trinajstić information content (AvgIpc) is 3.33. The van der Waals surface area contributed by atoms with Gasteiger partial charge in [0.2, 0.25) is 0 Å². The van der Waals surface area contributed by atoms with Crippen LogP contribution in [0.3, 0.4) is 0 Å². The fourth-order valence-electron chi connectivity index (χ4n) is 3.91. The molecule has 3 heterocycles. The molecule has 1 atom stereocenters. The van der Waals surface area contributed by atoms with E-state index in [1.807, 2.05) is 25.4 Å². The van der Waals surface area contributed by atoms with E-state index >= 15 is 0 Å². The van der Waals surface area contributed by atoms with Crippen molar-refractivity contribution in [3.63, 3.8) is 0 Å². The highest BCUT2D eigenvalue weighted by molar-refractivity contribution is 7.13. The van der Waals surface area contributed by atoms with E-state index in [2.05, 4.69) is 21.0 Å². The molecule has 0 aromatic carbocycles. The summed E-state index contributed by atoms with van der Waals surface area (Å²) in [7, 11) is 0. The molecule has 0 radical (unpaired) electrons. The second-order valence-corrected chi connectivity index (χ2v) is 7.75. The molecule has 25 heavy (non-hydrogen) atoms. The fourth-order valence-corrected chi connectivity index (χ4v) is 5.18. The first-order valence-electron chi connectivity index (χ1n) is 8.87. The third kappa shape index (κ3) is 3.05. The van der Waals surface area contributed by atoms with Crippen LogP contribution in [0.1, 0.15) is 53.6 Å². The van der Waals surface area contributed by atoms with Crippen LogP contribution in [0.2, 0.25) is 0 Å². The number of aryl methyl sites for hydroxylation is 1. The number of thiazole rings is 1. The Morgan fingerprint density at radius 2 is 2.24 bits per heavy atom. The van der Waals surface area contributed by atoms with Crippen LogP contribution in [0, 0.1) is 24.2 Å². The summed E-state index contributed by atoms with van der Waals surface area (Å²) in [5, 5.41) is 11.4. The Morgan fingerprint density at radius 3 is 3.04 bits per heavy atom. The summed E-state index contributed by atoms with van der Waals surface area (Å²) in [5.74, 6) is 0.856. The lowest BCUT2D eigenvalue weighted by atomic mass is 9.89. The molecule has 1 N–H and O–H groups in total. The number of nitriles is 1. The van der Waals surface area contributed by atoms with Gasteiger partial charge in [-0.15, -0.1) is 11.3 Å². The molecule has 6 heteroatoms. The minimum absolute atomic E-state index is 0.260. The third-order valence-electron chi connectivity index (χ3n) is 5.16. The highest BCUT2D eigenvalue weighted by Crippen LogP contribution is 2.42. The van der Waals surface area contributed by atoms with E-state index in [-0.39, 0.29) is 5.92 Å². The molecule has 4 rings (SSSR count). The Labute approximate surface area is 150 Å². The smallest absolute Gasteiger partial charge is 0.134 e. The van der Waals surface area contributed by atoms with Gasteiger partial charge in [0.05, 0.1) is 33.9 Å². The molecule has 1 aliphatic carbocycles. The van der Waals surface area contributed by atoms with Crippen molar-refractivity contribution in [1.82, 2.24) is 9.97 Å². The second-order valence-electron chi connectivity index (χ2n) is 6.72. The zero-order chi connectivity index (χ0) is 17.2. The van der Waals surface area contributed by atoms with Gasteiger partial charge >= 0.3 is 0 Å². The van der Waals surface area contributed by atoms with Gasteiger partial charge in [-0.1, -0.05) is 12.8 Å². The van der Waals surface area contributed by atoms with Gasteiger partial charge in [0.25, 0.3) is 0 Å². The van der Waals surface area contributed by atoms with Crippen molar-refractivity contribution < 1.29 is 0 Å². The number of rotatable bonds is 4. The van der Waals surface area contributed by atoms with Crippen molar-refractivity contribution >= 4 is 23.2 Å². The molecular formula is C19H21N5S. The van der Waals surface area contributed by atoms with Gasteiger partial charge < -0.3 is 4.98 Å². The van der Waals surface area contributed by atoms with Crippen molar-refractivity contribution in [3.8, 4) is 6.07 Å². The van der Waals surface area contributed by atoms with E-state index in [4.69, 9.17) is 4.98 Å². The number of nitrogens with one attached hydrogen (secondary N) is 1. The van der Waals surface area contributed by atoms with E-state index in [1.165, 1.54) is 25.7 Å². The first kappa shape index (κ1) is 16.2. The molecule has 2 aromatic heterocycles. The van der Waals surface area contributed by atoms with Crippen molar-refractivity contribution in [2.45, 2.75) is 44.9 Å². The maximum atomic E-state index is 9.30. The number of nitrogens with zero attached hydrogens (tertiary/aromatic N) is 4. The molecule has 2 aliphatic rings. The summed E-state index contributed by atoms with van der Waals surface area (Å²) < 4.78 is 0. The summed E-state index contributed by atoms with van der Waals surface area (Å²) in [5.41, 5.74) is 2.83. The lowest BCUT2D eigenvalue weighted by Crippen LogP contribution is -2.24. The normalized spacial score (nSPS) is 18.5. The lowest BCUT2D eigenvalue weighted by molar-refractivity contribution is 0.437. The fraction of sp³-hybridized carbons (Fsp3) is 0.474. The molecule has 1 unspecified atom stereocenters. The number of hydrogen-bond donors (Lipinski definition) is 1. The zero-order valence-corrected chi connectivity index (χ0v) is 15.1. The van der Waals surface area contributed by atoms with Crippen molar-refractivity contribution in [2.24, 2.45) is 15.9 Å². The first-order chi connectivity index (χ1) is 12.3. The predicted molar refractivity (Wildman–Crippen MR) is 99.2 cm³/mol. The van der Waals surface area contributed by atoms with E-state index < -0.39 is 0 Å². The van der Waals surface area contributed by atoms with E-state index in [0.717, 1.165) is 32.0 Å². The molecule has 0 spiro atoms. The standard InChI is InChI=1S/C19H21N5S/c1-12-17(16-15-7-9-22-18(15)23-11-10-21-16)25-19(24-12)14(6-8-20)13-4-2-3-5-13/h7,9-10,13-14H,2-6,11H2,1H3,(H,22,23). The lowest BCUT2D eigenvalue weighted by Gasteiger charge is -2.18. The van der Waals surface area contributed by atoms with Crippen LogP contribution in [0.4, 0.5) is 0 Å². The molecular weight excluding hydrogens is 330 g/mol. The summed E-state index contributed by atoms with van der Waals surface area (Å²) >= 11 is 1.71. The van der Waals surface area contributed by atoms with Gasteiger partial charge in [-0.25, -0.2) is 4.98 Å². The predicted octanol–water partition coefficient (Wildman–Crippen LogP) is 2.83. The van der Waals surface area contributed by atoms with E-state index in [0.29, 0.717) is 18.9 Å². The Morgan fingerprint density at radius 1 is 1.40 bits per heavy atom. The van der Waals surface area contributed by atoms with Crippen LogP contribution >= 0.6 is 11.3 Å². The largest absolute Gasteiger partial charge is 0.346 e. The van der Waals surface area contributed by atoms with Crippen molar-refractivity contribution in [1.29, 1.82) is 5.26 Å². The quantitative estimate of drug-likeness (QED) is 0.919. The number of aromatic nitrogens is 2. The van der Waals surface area contributed by atoms with Crippen LogP contribution < -0.4 is 10.7 Å². The van der Waals surface area contributed by atoms with Crippen LogP contribution in [-0.4, -0.2) is 22.7 Å². The maximum absolute atomic E-state index is 9.30. The number of fused-ring (bicyclic) bond motifs is 1. The minimum atomic E-state index is 0.260. The van der Waals surface area contributed by atoms with E-state index in [1.54, 1.807) is 11.3 Å². The first-order valence-corrected chi connectivity index (χ1v) is 9.69. The molecule has 0 saturated heterocycles. The van der Waals surface area contributed by atoms with Crippen molar-refractivity contribution in [3.05, 3.63) is 38.5 Å². The van der Waals surface area contributed by atoms with Gasteiger partial charge in [-0.05, 0) is 31.7 Å². The van der Waals surface area contributed by atoms with Gasteiger partial charge in [-0.3, -0.25) is 9.98 Å². The van der Waals surface area contributed by atoms with Crippen LogP contribution in [-0.2, 0) is 0 Å². The number of aliphatic imine (C=N–C) groups is 1. The van der Waals surface area contributed by atoms with Gasteiger partial charge in [0.1, 0.15) is 5.49 Å². The molecule has 1 fully saturated rings. The van der Waals surface area contributed by atoms with Gasteiger partial charge in [0.15, 0.2) is 0 Å². The minimum Gasteiger partial charge on any atom is -0.346 e. The summed E-state index contributed by atoms with van der Waals surface area (Å²) in [6.45, 7) is 2.63. The molecule has 5 nitrogen and oxygen atoms in total. The molecule has 128 valence electrons. The van der Waals surface area contributed by atoms with Crippen LogP contribution in [0.25, 0.3) is 5.70 Å². The Balaban J connectivity index is 1.80. The second kappa shape index (κ2) is 6.93. The van der Waals surface area contributed by atoms with Crippen LogP contribution in [0.15, 0.2) is 22.2 Å². The summed E-state index contributed by atoms with van der Waals surface area (Å²) in [4.78, 5) is 18.3. The Hall–Kier alpha value is -2.26. The highest BCUT2D eigenvalue weighted by atomic mass is 32.1. The zero-order valence-electron chi connectivity index (χ0n) is 14.3. The highest BCUT2D eigenvalue weighted by Gasteiger charge is 2.29. The average molecular weight is 351 g/mol. The topological polar surface area (TPSA) is 77.2 Å². The SMILES string of the molecule is Cc1nc(C(CC#N)C2CCCC2)sc1C1=c2cc[nH]c2=NCC=N1. The van der Waals surface area contributed by atoms with Crippen LogP contribution in [0.5, 0.6) is 0 Å². The van der Waals surface area contributed by atoms with Crippen molar-refractivity contribution in [2.75, 3.05) is 6.54 Å². The Kier molecular flexibility index (Phi) is 4.50. The summed E-state index contributed by atoms with van der Waals surface area (Å²) in [6.07, 6.45) is 9.31. The monoisotopic (exact) mass is 351 g/mol. The summed E-state index contributed by atoms with van der Waals surface area (Å²) in [6, 6.07) is 4.41. The van der Waals surface area contributed by atoms with E-state index in [9.17, 15) is 5.26 Å². The number of aromatic amines is 1. The molecule has 0 amide bonds. The molecule has 0 bridgehead atoms. The molecule has 1 saturated carbocycles. The Bertz CT molecular complexity index is 953. The van der Waals surface area contributed by atoms with Gasteiger partial charge in [0, 0.05) is 30.0 Å². The number of H-pyrrole nitrogens is 1.